The van der Waals surface area contributed by atoms with Gasteiger partial charge in [0.15, 0.2) is 0 Å². The molecular weight excluding hydrogens is 268 g/mol. The maximum Gasteiger partial charge on any atom is 0.0536 e. The number of fused-ring (bicyclic) bond motifs is 1. The van der Waals surface area contributed by atoms with Gasteiger partial charge in [0, 0.05) is 13.6 Å². The SMILES string of the molecule is CN1CC=C(c2cccc(-c3ccc4ccccc4c3)c2)N1. The van der Waals surface area contributed by atoms with E-state index in [2.05, 4.69) is 90.3 Å². The van der Waals surface area contributed by atoms with Crippen LogP contribution in [-0.4, -0.2) is 18.6 Å². The molecule has 0 fully saturated rings. The molecule has 0 saturated heterocycles. The highest BCUT2D eigenvalue weighted by molar-refractivity contribution is 5.87. The molecule has 0 bridgehead atoms. The molecule has 0 amide bonds. The molecule has 4 rings (SSSR count). The molecule has 0 aromatic heterocycles. The molecule has 108 valence electrons. The van der Waals surface area contributed by atoms with Crippen molar-refractivity contribution in [1.29, 1.82) is 0 Å². The summed E-state index contributed by atoms with van der Waals surface area (Å²) in [4.78, 5) is 0. The Morgan fingerprint density at radius 2 is 1.55 bits per heavy atom. The first-order valence-corrected chi connectivity index (χ1v) is 7.57. The van der Waals surface area contributed by atoms with Crippen LogP contribution in [0.3, 0.4) is 0 Å². The van der Waals surface area contributed by atoms with Crippen molar-refractivity contribution in [3.63, 3.8) is 0 Å². The lowest BCUT2D eigenvalue weighted by Gasteiger charge is -2.12. The second kappa shape index (κ2) is 5.32. The average Bonchev–Trinajstić information content (AvgIpc) is 3.01. The monoisotopic (exact) mass is 286 g/mol. The van der Waals surface area contributed by atoms with Crippen LogP contribution in [0.1, 0.15) is 5.56 Å². The van der Waals surface area contributed by atoms with Gasteiger partial charge < -0.3 is 5.43 Å². The number of nitrogens with one attached hydrogen (secondary N) is 1. The van der Waals surface area contributed by atoms with Crippen molar-refractivity contribution in [3.05, 3.63) is 78.4 Å². The minimum absolute atomic E-state index is 0.940. The van der Waals surface area contributed by atoms with Crippen LogP contribution in [0.4, 0.5) is 0 Å². The third kappa shape index (κ3) is 2.38. The summed E-state index contributed by atoms with van der Waals surface area (Å²) in [7, 11) is 2.05. The quantitative estimate of drug-likeness (QED) is 0.755. The van der Waals surface area contributed by atoms with Crippen LogP contribution in [0.5, 0.6) is 0 Å². The highest BCUT2D eigenvalue weighted by Crippen LogP contribution is 2.27. The first-order valence-electron chi connectivity index (χ1n) is 7.57. The van der Waals surface area contributed by atoms with Gasteiger partial charge in [-0.05, 0) is 45.7 Å². The Kier molecular flexibility index (Phi) is 3.17. The van der Waals surface area contributed by atoms with Crippen molar-refractivity contribution >= 4 is 16.5 Å². The summed E-state index contributed by atoms with van der Waals surface area (Å²) in [5.74, 6) is 0. The number of hydrogen-bond donors (Lipinski definition) is 1. The van der Waals surface area contributed by atoms with Crippen LogP contribution in [0.2, 0.25) is 0 Å². The van der Waals surface area contributed by atoms with E-state index in [0.29, 0.717) is 0 Å². The highest BCUT2D eigenvalue weighted by atomic mass is 15.5. The molecule has 1 heterocycles. The predicted octanol–water partition coefficient (Wildman–Crippen LogP) is 4.30. The fourth-order valence-corrected chi connectivity index (χ4v) is 2.94. The number of benzene rings is 3. The number of rotatable bonds is 2. The fraction of sp³-hybridized carbons (Fsp3) is 0.100. The van der Waals surface area contributed by atoms with Gasteiger partial charge in [-0.3, -0.25) is 0 Å². The van der Waals surface area contributed by atoms with Gasteiger partial charge in [-0.2, -0.15) is 0 Å². The van der Waals surface area contributed by atoms with Crippen molar-refractivity contribution < 1.29 is 0 Å². The summed E-state index contributed by atoms with van der Waals surface area (Å²) in [6.45, 7) is 0.940. The van der Waals surface area contributed by atoms with Crippen LogP contribution >= 0.6 is 0 Å². The smallest absolute Gasteiger partial charge is 0.0536 e. The molecule has 0 radical (unpaired) electrons. The number of hydrazine groups is 1. The van der Waals surface area contributed by atoms with Crippen molar-refractivity contribution in [1.82, 2.24) is 10.4 Å². The maximum absolute atomic E-state index is 3.37. The Morgan fingerprint density at radius 3 is 2.36 bits per heavy atom. The Bertz CT molecular complexity index is 864. The summed E-state index contributed by atoms with van der Waals surface area (Å²) in [6.07, 6.45) is 2.22. The maximum atomic E-state index is 3.37. The van der Waals surface area contributed by atoms with E-state index in [-0.39, 0.29) is 0 Å². The lowest BCUT2D eigenvalue weighted by atomic mass is 9.99. The van der Waals surface area contributed by atoms with Crippen molar-refractivity contribution in [3.8, 4) is 11.1 Å². The first kappa shape index (κ1) is 13.1. The van der Waals surface area contributed by atoms with Crippen molar-refractivity contribution in [2.75, 3.05) is 13.6 Å². The Labute approximate surface area is 130 Å². The summed E-state index contributed by atoms with van der Waals surface area (Å²) in [6, 6.07) is 23.8. The third-order valence-electron chi connectivity index (χ3n) is 4.14. The lowest BCUT2D eigenvalue weighted by molar-refractivity contribution is 0.338. The molecule has 0 aliphatic carbocycles. The van der Waals surface area contributed by atoms with Gasteiger partial charge in [0.25, 0.3) is 0 Å². The van der Waals surface area contributed by atoms with Crippen LogP contribution in [0.15, 0.2) is 72.8 Å². The molecule has 3 aromatic rings. The molecule has 0 saturated carbocycles. The predicted molar refractivity (Wildman–Crippen MR) is 93.1 cm³/mol. The van der Waals surface area contributed by atoms with Crippen molar-refractivity contribution in [2.24, 2.45) is 0 Å². The van der Waals surface area contributed by atoms with E-state index >= 15 is 0 Å². The van der Waals surface area contributed by atoms with Crippen LogP contribution in [-0.2, 0) is 0 Å². The summed E-state index contributed by atoms with van der Waals surface area (Å²) in [5.41, 5.74) is 8.30. The minimum Gasteiger partial charge on any atom is -0.319 e. The van der Waals surface area contributed by atoms with Gasteiger partial charge in [-0.25, -0.2) is 5.01 Å². The van der Waals surface area contributed by atoms with E-state index in [1.165, 1.54) is 33.2 Å². The van der Waals surface area contributed by atoms with E-state index in [4.69, 9.17) is 0 Å². The fourth-order valence-electron chi connectivity index (χ4n) is 2.94. The molecule has 1 aliphatic rings. The largest absolute Gasteiger partial charge is 0.319 e. The zero-order chi connectivity index (χ0) is 14.9. The number of likely N-dealkylation sites (N-methyl/N-ethyl adjacent to an activating group) is 1. The number of nitrogens with zero attached hydrogens (tertiary/aromatic N) is 1. The summed E-state index contributed by atoms with van der Waals surface area (Å²) in [5, 5.41) is 4.64. The molecule has 2 nitrogen and oxygen atoms in total. The van der Waals surface area contributed by atoms with E-state index < -0.39 is 0 Å². The van der Waals surface area contributed by atoms with Crippen LogP contribution in [0.25, 0.3) is 27.6 Å². The van der Waals surface area contributed by atoms with Gasteiger partial charge >= 0.3 is 0 Å². The third-order valence-corrected chi connectivity index (χ3v) is 4.14. The molecule has 3 aromatic carbocycles. The summed E-state index contributed by atoms with van der Waals surface area (Å²) >= 11 is 0. The highest BCUT2D eigenvalue weighted by Gasteiger charge is 2.11. The van der Waals surface area contributed by atoms with E-state index in [1.54, 1.807) is 0 Å². The van der Waals surface area contributed by atoms with Crippen LogP contribution in [0, 0.1) is 0 Å². The molecule has 1 aliphatic heterocycles. The normalized spacial score (nSPS) is 14.9. The zero-order valence-electron chi connectivity index (χ0n) is 12.6. The Morgan fingerprint density at radius 1 is 0.773 bits per heavy atom. The molecule has 0 unspecified atom stereocenters. The molecule has 2 heteroatoms. The molecule has 1 N–H and O–H groups in total. The minimum atomic E-state index is 0.940. The van der Waals surface area contributed by atoms with E-state index in [0.717, 1.165) is 6.54 Å². The molecule has 0 spiro atoms. The summed E-state index contributed by atoms with van der Waals surface area (Å²) < 4.78 is 0. The van der Waals surface area contributed by atoms with Crippen LogP contribution < -0.4 is 5.43 Å². The van der Waals surface area contributed by atoms with E-state index in [1.807, 2.05) is 0 Å². The molecular formula is C20H18N2. The standard InChI is InChI=1S/C20H18N2/c1-22-12-11-20(21-22)19-8-4-7-17(14-19)18-10-9-15-5-2-3-6-16(15)13-18/h2-11,13-14,21H,12H2,1H3. The lowest BCUT2D eigenvalue weighted by Crippen LogP contribution is -2.26. The van der Waals surface area contributed by atoms with E-state index in [9.17, 15) is 0 Å². The Balaban J connectivity index is 1.75. The number of hydrogen-bond acceptors (Lipinski definition) is 2. The first-order chi connectivity index (χ1) is 10.8. The van der Waals surface area contributed by atoms with Gasteiger partial charge in [-0.1, -0.05) is 54.6 Å². The van der Waals surface area contributed by atoms with Gasteiger partial charge in [0.1, 0.15) is 0 Å². The zero-order valence-corrected chi connectivity index (χ0v) is 12.6. The van der Waals surface area contributed by atoms with Crippen molar-refractivity contribution in [2.45, 2.75) is 0 Å². The second-order valence-electron chi connectivity index (χ2n) is 5.75. The van der Waals surface area contributed by atoms with Gasteiger partial charge in [-0.15, -0.1) is 0 Å². The average molecular weight is 286 g/mol. The topological polar surface area (TPSA) is 15.3 Å². The van der Waals surface area contributed by atoms with Gasteiger partial charge in [0.05, 0.1) is 5.70 Å². The molecule has 22 heavy (non-hydrogen) atoms. The van der Waals surface area contributed by atoms with Gasteiger partial charge in [0.2, 0.25) is 0 Å². The second-order valence-corrected chi connectivity index (χ2v) is 5.75. The molecule has 0 atom stereocenters. The Hall–Kier alpha value is -2.58.